The average molecular weight is 368 g/mol. The standard InChI is InChI=1S/C22H28N2O3/c1-16-4-9-20(17(2)14-16)22(25)23-15-21(24-10-12-27-13-11-24)18-5-7-19(26-3)8-6-18/h4-9,14,21H,10-13,15H2,1-3H3,(H,23,25). The molecule has 27 heavy (non-hydrogen) atoms. The van der Waals surface area contributed by atoms with Gasteiger partial charge in [0.25, 0.3) is 5.91 Å². The van der Waals surface area contributed by atoms with Crippen LogP contribution in [0.1, 0.15) is 33.1 Å². The quantitative estimate of drug-likeness (QED) is 0.851. The number of nitrogens with zero attached hydrogens (tertiary/aromatic N) is 1. The smallest absolute Gasteiger partial charge is 0.251 e. The third kappa shape index (κ3) is 4.87. The number of nitrogens with one attached hydrogen (secondary N) is 1. The third-order valence-electron chi connectivity index (χ3n) is 5.07. The van der Waals surface area contributed by atoms with E-state index in [1.54, 1.807) is 7.11 Å². The van der Waals surface area contributed by atoms with Crippen LogP contribution in [0.2, 0.25) is 0 Å². The van der Waals surface area contributed by atoms with Crippen molar-refractivity contribution < 1.29 is 14.3 Å². The molecule has 0 aliphatic carbocycles. The molecular formula is C22H28N2O3. The van der Waals surface area contributed by atoms with E-state index in [-0.39, 0.29) is 11.9 Å². The molecule has 1 amide bonds. The Morgan fingerprint density at radius 3 is 2.48 bits per heavy atom. The number of methoxy groups -OCH3 is 1. The molecule has 144 valence electrons. The molecule has 1 fully saturated rings. The molecule has 0 saturated carbocycles. The number of morpholine rings is 1. The van der Waals surface area contributed by atoms with Gasteiger partial charge in [0.15, 0.2) is 0 Å². The number of ether oxygens (including phenoxy) is 2. The molecule has 2 aromatic rings. The first-order valence-corrected chi connectivity index (χ1v) is 9.39. The predicted octanol–water partition coefficient (Wildman–Crippen LogP) is 3.12. The Morgan fingerprint density at radius 1 is 1.15 bits per heavy atom. The van der Waals surface area contributed by atoms with E-state index < -0.39 is 0 Å². The lowest BCUT2D eigenvalue weighted by atomic mass is 10.0. The molecule has 1 atom stereocenters. The van der Waals surface area contributed by atoms with Crippen molar-refractivity contribution in [3.63, 3.8) is 0 Å². The van der Waals surface area contributed by atoms with Crippen LogP contribution in [-0.4, -0.2) is 50.8 Å². The van der Waals surface area contributed by atoms with Crippen LogP contribution in [0.15, 0.2) is 42.5 Å². The summed E-state index contributed by atoms with van der Waals surface area (Å²) in [6.45, 7) is 7.72. The van der Waals surface area contributed by atoms with Crippen molar-refractivity contribution in [2.75, 3.05) is 40.0 Å². The molecule has 1 saturated heterocycles. The van der Waals surface area contributed by atoms with Gasteiger partial charge in [0, 0.05) is 25.2 Å². The summed E-state index contributed by atoms with van der Waals surface area (Å²) in [6, 6.07) is 14.1. The fourth-order valence-electron chi connectivity index (χ4n) is 3.53. The fraction of sp³-hybridized carbons (Fsp3) is 0.409. The summed E-state index contributed by atoms with van der Waals surface area (Å²) >= 11 is 0. The molecule has 1 aliphatic rings. The molecule has 1 heterocycles. The second-order valence-electron chi connectivity index (χ2n) is 6.97. The van der Waals surface area contributed by atoms with E-state index in [0.717, 1.165) is 48.7 Å². The van der Waals surface area contributed by atoms with Gasteiger partial charge in [0.1, 0.15) is 5.75 Å². The summed E-state index contributed by atoms with van der Waals surface area (Å²) in [5, 5.41) is 3.13. The van der Waals surface area contributed by atoms with Crippen LogP contribution >= 0.6 is 0 Å². The molecule has 3 rings (SSSR count). The van der Waals surface area contributed by atoms with E-state index in [0.29, 0.717) is 6.54 Å². The van der Waals surface area contributed by atoms with E-state index in [9.17, 15) is 4.79 Å². The summed E-state index contributed by atoms with van der Waals surface area (Å²) in [7, 11) is 1.67. The van der Waals surface area contributed by atoms with Crippen molar-refractivity contribution in [3.8, 4) is 5.75 Å². The number of carbonyl (C=O) groups excluding carboxylic acids is 1. The average Bonchev–Trinajstić information content (AvgIpc) is 2.69. The minimum Gasteiger partial charge on any atom is -0.497 e. The van der Waals surface area contributed by atoms with Gasteiger partial charge in [0.2, 0.25) is 0 Å². The van der Waals surface area contributed by atoms with E-state index >= 15 is 0 Å². The van der Waals surface area contributed by atoms with Crippen LogP contribution in [0, 0.1) is 13.8 Å². The zero-order chi connectivity index (χ0) is 19.2. The van der Waals surface area contributed by atoms with Crippen LogP contribution in [0.4, 0.5) is 0 Å². The molecule has 1 unspecified atom stereocenters. The van der Waals surface area contributed by atoms with Gasteiger partial charge < -0.3 is 14.8 Å². The van der Waals surface area contributed by atoms with Crippen LogP contribution in [-0.2, 0) is 4.74 Å². The number of hydrogen-bond donors (Lipinski definition) is 1. The van der Waals surface area contributed by atoms with Crippen LogP contribution < -0.4 is 10.1 Å². The molecule has 1 aliphatic heterocycles. The molecule has 5 heteroatoms. The van der Waals surface area contributed by atoms with Gasteiger partial charge in [-0.15, -0.1) is 0 Å². The Morgan fingerprint density at radius 2 is 1.85 bits per heavy atom. The maximum atomic E-state index is 12.7. The van der Waals surface area contributed by atoms with Crippen molar-refractivity contribution in [1.29, 1.82) is 0 Å². The normalized spacial score (nSPS) is 16.0. The first kappa shape index (κ1) is 19.4. The minimum absolute atomic E-state index is 0.0285. The largest absolute Gasteiger partial charge is 0.497 e. The molecule has 5 nitrogen and oxygen atoms in total. The van der Waals surface area contributed by atoms with Gasteiger partial charge in [-0.05, 0) is 43.2 Å². The lowest BCUT2D eigenvalue weighted by Gasteiger charge is -2.35. The lowest BCUT2D eigenvalue weighted by Crippen LogP contribution is -2.43. The molecule has 2 aromatic carbocycles. The SMILES string of the molecule is COc1ccc(C(CNC(=O)c2ccc(C)cc2C)N2CCOCC2)cc1. The van der Waals surface area contributed by atoms with E-state index in [4.69, 9.17) is 9.47 Å². The molecule has 0 bridgehead atoms. The molecule has 0 radical (unpaired) electrons. The summed E-state index contributed by atoms with van der Waals surface area (Å²) in [5.74, 6) is 0.804. The number of hydrogen-bond acceptors (Lipinski definition) is 4. The summed E-state index contributed by atoms with van der Waals surface area (Å²) in [4.78, 5) is 15.1. The monoisotopic (exact) mass is 368 g/mol. The summed E-state index contributed by atoms with van der Waals surface area (Å²) in [6.07, 6.45) is 0. The number of rotatable bonds is 6. The van der Waals surface area contributed by atoms with E-state index in [1.165, 1.54) is 5.56 Å². The van der Waals surface area contributed by atoms with E-state index in [2.05, 4.69) is 22.3 Å². The molecule has 0 aromatic heterocycles. The third-order valence-corrected chi connectivity index (χ3v) is 5.07. The van der Waals surface area contributed by atoms with Gasteiger partial charge in [-0.25, -0.2) is 0 Å². The molecule has 1 N–H and O–H groups in total. The van der Waals surface area contributed by atoms with Crippen molar-refractivity contribution in [2.24, 2.45) is 0 Å². The second kappa shape index (κ2) is 9.02. The Labute approximate surface area is 161 Å². The number of amides is 1. The Balaban J connectivity index is 1.75. The Bertz CT molecular complexity index is 768. The highest BCUT2D eigenvalue weighted by atomic mass is 16.5. The number of carbonyl (C=O) groups is 1. The second-order valence-corrected chi connectivity index (χ2v) is 6.97. The van der Waals surface area contributed by atoms with Gasteiger partial charge in [-0.3, -0.25) is 9.69 Å². The highest BCUT2D eigenvalue weighted by Gasteiger charge is 2.23. The number of aryl methyl sites for hydroxylation is 2. The Kier molecular flexibility index (Phi) is 6.48. The topological polar surface area (TPSA) is 50.8 Å². The molecular weight excluding hydrogens is 340 g/mol. The lowest BCUT2D eigenvalue weighted by molar-refractivity contribution is 0.0162. The van der Waals surface area contributed by atoms with Gasteiger partial charge >= 0.3 is 0 Å². The van der Waals surface area contributed by atoms with Crippen LogP contribution in [0.5, 0.6) is 5.75 Å². The predicted molar refractivity (Wildman–Crippen MR) is 106 cm³/mol. The van der Waals surface area contributed by atoms with E-state index in [1.807, 2.05) is 44.2 Å². The highest BCUT2D eigenvalue weighted by Crippen LogP contribution is 2.24. The van der Waals surface area contributed by atoms with Crippen LogP contribution in [0.3, 0.4) is 0 Å². The Hall–Kier alpha value is -2.37. The fourth-order valence-corrected chi connectivity index (χ4v) is 3.53. The highest BCUT2D eigenvalue weighted by molar-refractivity contribution is 5.95. The van der Waals surface area contributed by atoms with Gasteiger partial charge in [-0.2, -0.15) is 0 Å². The maximum Gasteiger partial charge on any atom is 0.251 e. The summed E-state index contributed by atoms with van der Waals surface area (Å²) in [5.41, 5.74) is 4.06. The van der Waals surface area contributed by atoms with Crippen molar-refractivity contribution in [1.82, 2.24) is 10.2 Å². The van der Waals surface area contributed by atoms with Crippen molar-refractivity contribution >= 4 is 5.91 Å². The van der Waals surface area contributed by atoms with Crippen molar-refractivity contribution in [2.45, 2.75) is 19.9 Å². The number of benzene rings is 2. The van der Waals surface area contributed by atoms with Crippen LogP contribution in [0.25, 0.3) is 0 Å². The first-order valence-electron chi connectivity index (χ1n) is 9.39. The van der Waals surface area contributed by atoms with Gasteiger partial charge in [-0.1, -0.05) is 29.8 Å². The first-order chi connectivity index (χ1) is 13.1. The molecule has 0 spiro atoms. The van der Waals surface area contributed by atoms with Crippen molar-refractivity contribution in [3.05, 3.63) is 64.7 Å². The zero-order valence-electron chi connectivity index (χ0n) is 16.3. The van der Waals surface area contributed by atoms with Gasteiger partial charge in [0.05, 0.1) is 26.4 Å². The maximum absolute atomic E-state index is 12.7. The zero-order valence-corrected chi connectivity index (χ0v) is 16.3. The minimum atomic E-state index is -0.0285. The summed E-state index contributed by atoms with van der Waals surface area (Å²) < 4.78 is 10.8.